The molecule has 5 nitrogen and oxygen atoms in total. The summed E-state index contributed by atoms with van der Waals surface area (Å²) < 4.78 is 2.34. The molecule has 1 saturated heterocycles. The lowest BCUT2D eigenvalue weighted by Crippen LogP contribution is -2.47. The van der Waals surface area contributed by atoms with Crippen molar-refractivity contribution in [2.45, 2.75) is 24.4 Å². The molecule has 0 amide bonds. The first-order valence-corrected chi connectivity index (χ1v) is 15.5. The largest absolute Gasteiger partial charge is 0.613 e. The van der Waals surface area contributed by atoms with E-state index in [1.165, 1.54) is 21.6 Å². The van der Waals surface area contributed by atoms with Crippen molar-refractivity contribution in [1.29, 1.82) is 0 Å². The van der Waals surface area contributed by atoms with Gasteiger partial charge in [0.05, 0.1) is 22.9 Å². The summed E-state index contributed by atoms with van der Waals surface area (Å²) in [7, 11) is 0. The molecular weight excluding hydrogens is 538 g/mol. The molecule has 3 heterocycles. The van der Waals surface area contributed by atoms with Gasteiger partial charge in [-0.15, -0.1) is 0 Å². The van der Waals surface area contributed by atoms with Crippen molar-refractivity contribution in [3.05, 3.63) is 167 Å². The molecule has 1 aromatic heterocycles. The zero-order valence-corrected chi connectivity index (χ0v) is 24.2. The minimum Gasteiger partial charge on any atom is -0.613 e. The molecule has 9 rings (SSSR count). The molecular formula is C39H32N5-. The second-order valence-corrected chi connectivity index (χ2v) is 12.0. The number of aliphatic imine (C=N–C) groups is 1. The Hall–Kier alpha value is -5.13. The molecule has 5 heteroatoms. The molecule has 5 aromatic rings. The number of allylic oxidation sites excluding steroid dienone is 2. The molecule has 0 bridgehead atoms. The predicted molar refractivity (Wildman–Crippen MR) is 180 cm³/mol. The second-order valence-electron chi connectivity index (χ2n) is 12.0. The van der Waals surface area contributed by atoms with E-state index in [1.54, 1.807) is 0 Å². The summed E-state index contributed by atoms with van der Waals surface area (Å²) in [5, 5.41) is 12.6. The van der Waals surface area contributed by atoms with Gasteiger partial charge in [0.15, 0.2) is 0 Å². The Labute approximate surface area is 256 Å². The van der Waals surface area contributed by atoms with E-state index in [-0.39, 0.29) is 18.4 Å². The van der Waals surface area contributed by atoms with Gasteiger partial charge in [-0.3, -0.25) is 9.56 Å². The van der Waals surface area contributed by atoms with Crippen LogP contribution in [0.15, 0.2) is 145 Å². The van der Waals surface area contributed by atoms with Gasteiger partial charge in [-0.2, -0.15) is 0 Å². The van der Waals surface area contributed by atoms with E-state index >= 15 is 0 Å². The van der Waals surface area contributed by atoms with Crippen LogP contribution in [0.3, 0.4) is 0 Å². The summed E-state index contributed by atoms with van der Waals surface area (Å²) in [6, 6.07) is 41.0. The van der Waals surface area contributed by atoms with Crippen LogP contribution in [0.5, 0.6) is 0 Å². The Balaban J connectivity index is 1.26. The number of anilines is 1. The predicted octanol–water partition coefficient (Wildman–Crippen LogP) is 6.41. The Morgan fingerprint density at radius 3 is 2.11 bits per heavy atom. The highest BCUT2D eigenvalue weighted by molar-refractivity contribution is 5.96. The number of rotatable bonds is 3. The van der Waals surface area contributed by atoms with E-state index < -0.39 is 0 Å². The first-order valence-electron chi connectivity index (χ1n) is 15.5. The fraction of sp³-hybridized carbons (Fsp3) is 0.154. The molecule has 0 radical (unpaired) electrons. The highest BCUT2D eigenvalue weighted by Crippen LogP contribution is 2.44. The van der Waals surface area contributed by atoms with Crippen LogP contribution in [0.2, 0.25) is 0 Å². The summed E-state index contributed by atoms with van der Waals surface area (Å²) >= 11 is 0. The second kappa shape index (κ2) is 10.2. The van der Waals surface area contributed by atoms with Crippen LogP contribution < -0.4 is 20.8 Å². The van der Waals surface area contributed by atoms with Gasteiger partial charge < -0.3 is 15.5 Å². The smallest absolute Gasteiger partial charge is 0.201 e. The van der Waals surface area contributed by atoms with Crippen LogP contribution in [0.1, 0.15) is 23.5 Å². The topological polar surface area (TPSA) is 46.7 Å². The Kier molecular flexibility index (Phi) is 5.91. The quantitative estimate of drug-likeness (QED) is 0.273. The van der Waals surface area contributed by atoms with Crippen LogP contribution >= 0.6 is 0 Å². The van der Waals surface area contributed by atoms with E-state index in [0.717, 1.165) is 22.6 Å². The molecule has 2 aliphatic heterocycles. The fourth-order valence-electron chi connectivity index (χ4n) is 7.61. The molecule has 0 spiro atoms. The van der Waals surface area contributed by atoms with E-state index in [9.17, 15) is 0 Å². The summed E-state index contributed by atoms with van der Waals surface area (Å²) in [5.74, 6) is 1.59. The number of hydrogen-bond acceptors (Lipinski definition) is 3. The van der Waals surface area contributed by atoms with Crippen molar-refractivity contribution in [1.82, 2.24) is 9.88 Å². The summed E-state index contributed by atoms with van der Waals surface area (Å²) in [6.07, 6.45) is 13.7. The van der Waals surface area contributed by atoms with Gasteiger partial charge in [0, 0.05) is 28.1 Å². The van der Waals surface area contributed by atoms with E-state index in [1.807, 2.05) is 6.07 Å². The zero-order valence-electron chi connectivity index (χ0n) is 24.2. The maximum absolute atomic E-state index is 5.30. The van der Waals surface area contributed by atoms with Crippen molar-refractivity contribution in [2.75, 3.05) is 4.90 Å². The molecule has 1 N–H and O–H groups in total. The molecule has 2 aliphatic carbocycles. The molecule has 4 aliphatic rings. The molecule has 6 atom stereocenters. The van der Waals surface area contributed by atoms with Crippen molar-refractivity contribution >= 4 is 34.7 Å². The number of nitrogens with one attached hydrogen (secondary N) is 1. The molecule has 1 fully saturated rings. The van der Waals surface area contributed by atoms with Crippen molar-refractivity contribution < 1.29 is 0 Å². The van der Waals surface area contributed by atoms with Gasteiger partial charge in [0.25, 0.3) is 0 Å². The summed E-state index contributed by atoms with van der Waals surface area (Å²) in [4.78, 5) is 7.91. The third kappa shape index (κ3) is 4.00. The van der Waals surface area contributed by atoms with Crippen LogP contribution in [0, 0.1) is 11.8 Å². The van der Waals surface area contributed by atoms with E-state index in [2.05, 4.69) is 160 Å². The zero-order chi connectivity index (χ0) is 29.0. The van der Waals surface area contributed by atoms with Gasteiger partial charge in [-0.1, -0.05) is 127 Å². The maximum Gasteiger partial charge on any atom is 0.201 e. The van der Waals surface area contributed by atoms with Gasteiger partial charge in [-0.05, 0) is 47.7 Å². The average molecular weight is 571 g/mol. The van der Waals surface area contributed by atoms with Gasteiger partial charge in [-0.25, -0.2) is 0 Å². The Morgan fingerprint density at radius 1 is 0.636 bits per heavy atom. The number of hydrogen-bond donors (Lipinski definition) is 1. The highest BCUT2D eigenvalue weighted by atomic mass is 15.4. The van der Waals surface area contributed by atoms with Gasteiger partial charge in [0.2, 0.25) is 5.96 Å². The molecule has 6 unspecified atom stereocenters. The number of nitrogens with zero attached hydrogens (tertiary/aromatic N) is 4. The number of benzene rings is 4. The number of para-hydroxylation sites is 2. The molecule has 4 aromatic carbocycles. The van der Waals surface area contributed by atoms with Crippen molar-refractivity contribution in [3.63, 3.8) is 0 Å². The minimum absolute atomic E-state index is 0.207. The number of aromatic nitrogens is 1. The average Bonchev–Trinajstić information content (AvgIpc) is 3.60. The van der Waals surface area contributed by atoms with Gasteiger partial charge in [0.1, 0.15) is 0 Å². The lowest BCUT2D eigenvalue weighted by atomic mass is 9.82. The van der Waals surface area contributed by atoms with Crippen molar-refractivity contribution in [3.8, 4) is 0 Å². The first-order chi connectivity index (χ1) is 21.8. The Morgan fingerprint density at radius 2 is 1.32 bits per heavy atom. The van der Waals surface area contributed by atoms with Crippen molar-refractivity contribution in [2.24, 2.45) is 16.8 Å². The van der Waals surface area contributed by atoms with Crippen LogP contribution in [0.25, 0.3) is 28.4 Å². The third-order valence-corrected chi connectivity index (χ3v) is 9.55. The van der Waals surface area contributed by atoms with Gasteiger partial charge >= 0.3 is 0 Å². The van der Waals surface area contributed by atoms with E-state index in [0.29, 0.717) is 17.9 Å². The third-order valence-electron chi connectivity index (χ3n) is 9.55. The number of fused-ring (bicyclic) bond motifs is 6. The molecule has 0 saturated carbocycles. The summed E-state index contributed by atoms with van der Waals surface area (Å²) in [5.41, 5.74) is 4.61. The minimum atomic E-state index is -0.319. The lowest BCUT2D eigenvalue weighted by Gasteiger charge is -2.44. The Bertz CT molecular complexity index is 2060. The normalized spacial score (nSPS) is 26.5. The summed E-state index contributed by atoms with van der Waals surface area (Å²) in [6.45, 7) is 0. The SMILES string of the molecule is C1=CC2C3C=c4c(n(C5=NC(c6ccccc6)[N-]C(c6ccccc6)N5)c5ccccc45)=CC3N(c3ccccc3)C2C=C1. The maximum atomic E-state index is 5.30. The van der Waals surface area contributed by atoms with Crippen LogP contribution in [0.4, 0.5) is 5.69 Å². The van der Waals surface area contributed by atoms with E-state index in [4.69, 9.17) is 10.3 Å². The standard InChI is InChI=1S/C39H32N5/c1-4-14-26(15-5-1)37-40-38(27-16-6-2-7-17-27)42-39(41-37)44-34-23-13-11-21-30(34)32-24-31-29-20-10-12-22-33(29)43(35(31)25-36(32)44)28-18-8-3-9-19-28/h1-25,29,31,33,35,37-38H,(H,41,42)/q-1. The van der Waals surface area contributed by atoms with Crippen LogP contribution in [-0.2, 0) is 0 Å². The fourth-order valence-corrected chi connectivity index (χ4v) is 7.61. The monoisotopic (exact) mass is 570 g/mol. The molecule has 44 heavy (non-hydrogen) atoms. The first kappa shape index (κ1) is 25.4. The molecule has 214 valence electrons. The lowest BCUT2D eigenvalue weighted by molar-refractivity contribution is 0.557. The highest BCUT2D eigenvalue weighted by Gasteiger charge is 2.46. The van der Waals surface area contributed by atoms with Crippen LogP contribution in [-0.4, -0.2) is 22.6 Å².